The van der Waals surface area contributed by atoms with Gasteiger partial charge in [0, 0.05) is 40.8 Å². The number of H-pyrrole nitrogens is 1. The Labute approximate surface area is 199 Å². The second kappa shape index (κ2) is 11.4. The molecular weight excluding hydrogens is 432 g/mol. The second-order valence-electron chi connectivity index (χ2n) is 8.97. The van der Waals surface area contributed by atoms with Crippen molar-refractivity contribution in [2.75, 3.05) is 17.2 Å². The fourth-order valence-electron chi connectivity index (χ4n) is 3.37. The van der Waals surface area contributed by atoms with Gasteiger partial charge in [-0.05, 0) is 35.7 Å². The number of anilines is 2. The van der Waals surface area contributed by atoms with Crippen LogP contribution >= 0.6 is 0 Å². The number of carbonyl (C=O) groups is 3. The van der Waals surface area contributed by atoms with Crippen molar-refractivity contribution in [3.8, 4) is 0 Å². The number of nitrogens with one attached hydrogen (secondary N) is 4. The van der Waals surface area contributed by atoms with Gasteiger partial charge in [0.2, 0.25) is 11.8 Å². The van der Waals surface area contributed by atoms with Crippen molar-refractivity contribution in [2.45, 2.75) is 40.2 Å². The Morgan fingerprint density at radius 3 is 2.32 bits per heavy atom. The first-order chi connectivity index (χ1) is 16.2. The quantitative estimate of drug-likeness (QED) is 0.368. The van der Waals surface area contributed by atoms with Gasteiger partial charge in [-0.15, -0.1) is 0 Å². The molecule has 1 heterocycles. The lowest BCUT2D eigenvalue weighted by Gasteiger charge is -2.20. The molecule has 3 amide bonds. The van der Waals surface area contributed by atoms with Crippen LogP contribution in [0.4, 0.5) is 16.2 Å². The average Bonchev–Trinajstić information content (AvgIpc) is 3.20. The number of rotatable bonds is 9. The number of fused-ring (bicyclic) bond motifs is 1. The number of para-hydroxylation sites is 1. The van der Waals surface area contributed by atoms with Crippen LogP contribution in [0.5, 0.6) is 0 Å². The Morgan fingerprint density at radius 1 is 0.912 bits per heavy atom. The van der Waals surface area contributed by atoms with Crippen LogP contribution in [0, 0.1) is 11.8 Å². The molecule has 3 rings (SSSR count). The van der Waals surface area contributed by atoms with Crippen LogP contribution < -0.4 is 16.0 Å². The molecule has 0 fully saturated rings. The fraction of sp³-hybridized carbons (Fsp3) is 0.346. The van der Waals surface area contributed by atoms with Crippen LogP contribution in [0.2, 0.25) is 0 Å². The van der Waals surface area contributed by atoms with E-state index in [1.807, 2.05) is 44.3 Å². The third kappa shape index (κ3) is 6.84. The molecule has 4 N–H and O–H groups in total. The minimum Gasteiger partial charge on any atom is -0.449 e. The SMILES string of the molecule is CC(C)COC(=O)Nc1cccc(NC(=O)C(Cc2c[nH]c3ccccc23)NC(=O)C(C)C)c1. The molecule has 1 unspecified atom stereocenters. The van der Waals surface area contributed by atoms with Crippen molar-refractivity contribution >= 4 is 40.2 Å². The number of hydrogen-bond donors (Lipinski definition) is 4. The molecule has 0 spiro atoms. The van der Waals surface area contributed by atoms with E-state index in [2.05, 4.69) is 20.9 Å². The molecule has 0 saturated heterocycles. The van der Waals surface area contributed by atoms with Crippen molar-refractivity contribution in [1.29, 1.82) is 0 Å². The Balaban J connectivity index is 1.73. The number of amides is 3. The van der Waals surface area contributed by atoms with Gasteiger partial charge in [-0.25, -0.2) is 4.79 Å². The maximum absolute atomic E-state index is 13.2. The second-order valence-corrected chi connectivity index (χ2v) is 8.97. The molecular formula is C26H32N4O4. The fourth-order valence-corrected chi connectivity index (χ4v) is 3.37. The predicted octanol–water partition coefficient (Wildman–Crippen LogP) is 4.69. The summed E-state index contributed by atoms with van der Waals surface area (Å²) in [5.74, 6) is -0.587. The van der Waals surface area contributed by atoms with Crippen molar-refractivity contribution in [3.05, 3.63) is 60.3 Å². The largest absolute Gasteiger partial charge is 0.449 e. The smallest absolute Gasteiger partial charge is 0.411 e. The van der Waals surface area contributed by atoms with E-state index >= 15 is 0 Å². The topological polar surface area (TPSA) is 112 Å². The lowest BCUT2D eigenvalue weighted by Crippen LogP contribution is -2.46. The Bertz CT molecular complexity index is 1150. The summed E-state index contributed by atoms with van der Waals surface area (Å²) >= 11 is 0. The molecule has 2 aromatic carbocycles. The highest BCUT2D eigenvalue weighted by Crippen LogP contribution is 2.21. The summed E-state index contributed by atoms with van der Waals surface area (Å²) in [7, 11) is 0. The van der Waals surface area contributed by atoms with E-state index < -0.39 is 12.1 Å². The summed E-state index contributed by atoms with van der Waals surface area (Å²) in [6, 6.07) is 13.8. The molecule has 0 saturated carbocycles. The van der Waals surface area contributed by atoms with Crippen molar-refractivity contribution < 1.29 is 19.1 Å². The molecule has 0 bridgehead atoms. The van der Waals surface area contributed by atoms with E-state index in [0.717, 1.165) is 16.5 Å². The zero-order valence-corrected chi connectivity index (χ0v) is 20.0. The monoisotopic (exact) mass is 464 g/mol. The molecule has 8 nitrogen and oxygen atoms in total. The first-order valence-corrected chi connectivity index (χ1v) is 11.4. The first-order valence-electron chi connectivity index (χ1n) is 11.4. The Morgan fingerprint density at radius 2 is 1.62 bits per heavy atom. The average molecular weight is 465 g/mol. The van der Waals surface area contributed by atoms with E-state index in [1.165, 1.54) is 0 Å². The molecule has 0 aliphatic rings. The number of aromatic amines is 1. The molecule has 0 radical (unpaired) electrons. The van der Waals surface area contributed by atoms with Crippen molar-refractivity contribution in [1.82, 2.24) is 10.3 Å². The lowest BCUT2D eigenvalue weighted by molar-refractivity contribution is -0.128. The number of ether oxygens (including phenoxy) is 1. The van der Waals surface area contributed by atoms with Gasteiger partial charge in [0.05, 0.1) is 6.61 Å². The zero-order valence-electron chi connectivity index (χ0n) is 20.0. The van der Waals surface area contributed by atoms with Crippen LogP contribution in [-0.2, 0) is 20.7 Å². The molecule has 3 aromatic rings. The molecule has 0 aliphatic heterocycles. The van der Waals surface area contributed by atoms with Crippen LogP contribution in [-0.4, -0.2) is 35.5 Å². The van der Waals surface area contributed by atoms with Crippen LogP contribution in [0.25, 0.3) is 10.9 Å². The van der Waals surface area contributed by atoms with E-state index in [1.54, 1.807) is 38.1 Å². The molecule has 1 atom stereocenters. The molecule has 1 aromatic heterocycles. The van der Waals surface area contributed by atoms with Crippen LogP contribution in [0.3, 0.4) is 0 Å². The highest BCUT2D eigenvalue weighted by Gasteiger charge is 2.24. The van der Waals surface area contributed by atoms with Gasteiger partial charge in [0.15, 0.2) is 0 Å². The third-order valence-electron chi connectivity index (χ3n) is 5.18. The maximum atomic E-state index is 13.2. The lowest BCUT2D eigenvalue weighted by atomic mass is 10.0. The van der Waals surface area contributed by atoms with Crippen LogP contribution in [0.15, 0.2) is 54.7 Å². The van der Waals surface area contributed by atoms with E-state index in [9.17, 15) is 14.4 Å². The highest BCUT2D eigenvalue weighted by atomic mass is 16.5. The maximum Gasteiger partial charge on any atom is 0.411 e. The van der Waals surface area contributed by atoms with Gasteiger partial charge in [0.25, 0.3) is 0 Å². The van der Waals surface area contributed by atoms with Crippen molar-refractivity contribution in [3.63, 3.8) is 0 Å². The predicted molar refractivity (Wildman–Crippen MR) is 134 cm³/mol. The summed E-state index contributed by atoms with van der Waals surface area (Å²) in [6.07, 6.45) is 1.63. The summed E-state index contributed by atoms with van der Waals surface area (Å²) < 4.78 is 5.14. The summed E-state index contributed by atoms with van der Waals surface area (Å²) in [6.45, 7) is 7.78. The zero-order chi connectivity index (χ0) is 24.7. The van der Waals surface area contributed by atoms with Crippen LogP contribution in [0.1, 0.15) is 33.3 Å². The summed E-state index contributed by atoms with van der Waals surface area (Å²) in [5.41, 5.74) is 2.89. The van der Waals surface area contributed by atoms with E-state index in [4.69, 9.17) is 4.74 Å². The van der Waals surface area contributed by atoms with Gasteiger partial charge in [0.1, 0.15) is 6.04 Å². The number of benzene rings is 2. The molecule has 0 aliphatic carbocycles. The van der Waals surface area contributed by atoms with E-state index in [-0.39, 0.29) is 23.7 Å². The third-order valence-corrected chi connectivity index (χ3v) is 5.18. The number of aromatic nitrogens is 1. The molecule has 180 valence electrons. The Kier molecular flexibility index (Phi) is 8.29. The normalized spacial score (nSPS) is 11.9. The van der Waals surface area contributed by atoms with Gasteiger partial charge in [-0.2, -0.15) is 0 Å². The number of carbonyl (C=O) groups excluding carboxylic acids is 3. The summed E-state index contributed by atoms with van der Waals surface area (Å²) in [4.78, 5) is 40.8. The van der Waals surface area contributed by atoms with E-state index in [0.29, 0.717) is 24.4 Å². The van der Waals surface area contributed by atoms with Gasteiger partial charge >= 0.3 is 6.09 Å². The van der Waals surface area contributed by atoms with Gasteiger partial charge < -0.3 is 20.4 Å². The highest BCUT2D eigenvalue weighted by molar-refractivity contribution is 5.98. The van der Waals surface area contributed by atoms with Gasteiger partial charge in [-0.3, -0.25) is 14.9 Å². The van der Waals surface area contributed by atoms with Gasteiger partial charge in [-0.1, -0.05) is 52.0 Å². The summed E-state index contributed by atoms with van der Waals surface area (Å²) in [5, 5.41) is 9.38. The molecule has 8 heteroatoms. The van der Waals surface area contributed by atoms with Crippen molar-refractivity contribution in [2.24, 2.45) is 11.8 Å². The first kappa shape index (κ1) is 24.8. The molecule has 34 heavy (non-hydrogen) atoms. The standard InChI is InChI=1S/C26H32N4O4/c1-16(2)15-34-26(33)29-20-9-7-8-19(13-20)28-25(32)23(30-24(31)17(3)4)12-18-14-27-22-11-6-5-10-21(18)22/h5-11,13-14,16-17,23,27H,12,15H2,1-4H3,(H,28,32)(H,29,33)(H,30,31). The minimum atomic E-state index is -0.776. The number of hydrogen-bond acceptors (Lipinski definition) is 4. The minimum absolute atomic E-state index is 0.205. The Hall–Kier alpha value is -3.81.